The van der Waals surface area contributed by atoms with Gasteiger partial charge in [-0.2, -0.15) is 5.26 Å². The average molecular weight is 273 g/mol. The molecule has 1 aromatic carbocycles. The van der Waals surface area contributed by atoms with Gasteiger partial charge in [-0.1, -0.05) is 6.92 Å². The molecule has 108 valence electrons. The Morgan fingerprint density at radius 2 is 2.05 bits per heavy atom. The van der Waals surface area contributed by atoms with Crippen molar-refractivity contribution in [3.8, 4) is 11.8 Å². The maximum atomic E-state index is 8.74. The van der Waals surface area contributed by atoms with Crippen molar-refractivity contribution in [3.05, 3.63) is 29.8 Å². The van der Waals surface area contributed by atoms with Crippen LogP contribution in [0.15, 0.2) is 24.3 Å². The average Bonchev–Trinajstić information content (AvgIpc) is 2.48. The number of ether oxygens (including phenoxy) is 1. The van der Waals surface area contributed by atoms with Gasteiger partial charge in [-0.05, 0) is 37.7 Å². The predicted octanol–water partition coefficient (Wildman–Crippen LogP) is 1.96. The van der Waals surface area contributed by atoms with Crippen LogP contribution in [0.4, 0.5) is 0 Å². The molecule has 1 saturated heterocycles. The third-order valence-electron chi connectivity index (χ3n) is 3.92. The van der Waals surface area contributed by atoms with Gasteiger partial charge in [0.05, 0.1) is 11.6 Å². The third kappa shape index (κ3) is 3.96. The van der Waals surface area contributed by atoms with Crippen LogP contribution < -0.4 is 4.74 Å². The van der Waals surface area contributed by atoms with E-state index in [2.05, 4.69) is 29.7 Å². The number of benzene rings is 1. The molecular formula is C16H23N3O. The monoisotopic (exact) mass is 273 g/mol. The fourth-order valence-electron chi connectivity index (χ4n) is 2.66. The van der Waals surface area contributed by atoms with Crippen molar-refractivity contribution in [2.75, 3.05) is 39.3 Å². The summed E-state index contributed by atoms with van der Waals surface area (Å²) in [5, 5.41) is 8.74. The summed E-state index contributed by atoms with van der Waals surface area (Å²) in [5.74, 6) is 0.837. The van der Waals surface area contributed by atoms with Crippen LogP contribution >= 0.6 is 0 Å². The number of piperazine rings is 1. The van der Waals surface area contributed by atoms with Crippen LogP contribution in [-0.2, 0) is 0 Å². The highest BCUT2D eigenvalue weighted by Gasteiger charge is 2.21. The summed E-state index contributed by atoms with van der Waals surface area (Å²) in [7, 11) is 0. The topological polar surface area (TPSA) is 39.5 Å². The second-order valence-electron chi connectivity index (χ2n) is 5.26. The number of hydrogen-bond acceptors (Lipinski definition) is 4. The van der Waals surface area contributed by atoms with Crippen molar-refractivity contribution in [1.29, 1.82) is 5.26 Å². The molecule has 1 aliphatic rings. The second kappa shape index (κ2) is 7.28. The van der Waals surface area contributed by atoms with Crippen molar-refractivity contribution in [3.63, 3.8) is 0 Å². The SMILES string of the molecule is CCN1CCN(CCOc2ccc(C#N)cc2)CC1C. The number of rotatable bonds is 5. The summed E-state index contributed by atoms with van der Waals surface area (Å²) < 4.78 is 5.73. The van der Waals surface area contributed by atoms with Crippen molar-refractivity contribution >= 4 is 0 Å². The second-order valence-corrected chi connectivity index (χ2v) is 5.26. The molecule has 20 heavy (non-hydrogen) atoms. The van der Waals surface area contributed by atoms with E-state index in [4.69, 9.17) is 10.00 Å². The maximum absolute atomic E-state index is 8.74. The zero-order valence-corrected chi connectivity index (χ0v) is 12.4. The summed E-state index contributed by atoms with van der Waals surface area (Å²) in [6.07, 6.45) is 0. The predicted molar refractivity (Wildman–Crippen MR) is 79.8 cm³/mol. The molecule has 0 amide bonds. The highest BCUT2D eigenvalue weighted by molar-refractivity contribution is 5.34. The Morgan fingerprint density at radius 1 is 1.30 bits per heavy atom. The zero-order valence-electron chi connectivity index (χ0n) is 12.4. The molecule has 0 spiro atoms. The molecule has 4 heteroatoms. The standard InChI is InChI=1S/C16H23N3O/c1-3-19-9-8-18(13-14(19)2)10-11-20-16-6-4-15(12-17)5-7-16/h4-7,14H,3,8-11,13H2,1-2H3. The van der Waals surface area contributed by atoms with Crippen LogP contribution in [-0.4, -0.2) is 55.2 Å². The van der Waals surface area contributed by atoms with E-state index in [-0.39, 0.29) is 0 Å². The Labute approximate surface area is 121 Å². The molecule has 1 atom stereocenters. The molecule has 1 unspecified atom stereocenters. The molecule has 1 fully saturated rings. The van der Waals surface area contributed by atoms with Gasteiger partial charge in [0.2, 0.25) is 0 Å². The van der Waals surface area contributed by atoms with Crippen LogP contribution in [0.5, 0.6) is 5.75 Å². The van der Waals surface area contributed by atoms with E-state index in [0.717, 1.165) is 38.5 Å². The minimum atomic E-state index is 0.628. The van der Waals surface area contributed by atoms with Crippen molar-refractivity contribution < 1.29 is 4.74 Å². The fourth-order valence-corrected chi connectivity index (χ4v) is 2.66. The molecule has 0 N–H and O–H groups in total. The maximum Gasteiger partial charge on any atom is 0.119 e. The number of nitrogens with zero attached hydrogens (tertiary/aromatic N) is 3. The van der Waals surface area contributed by atoms with Gasteiger partial charge in [0.25, 0.3) is 0 Å². The van der Waals surface area contributed by atoms with Crippen LogP contribution in [0.2, 0.25) is 0 Å². The largest absolute Gasteiger partial charge is 0.492 e. The third-order valence-corrected chi connectivity index (χ3v) is 3.92. The zero-order chi connectivity index (χ0) is 14.4. The first-order valence-electron chi connectivity index (χ1n) is 7.32. The number of likely N-dealkylation sites (N-methyl/N-ethyl adjacent to an activating group) is 1. The molecule has 0 radical (unpaired) electrons. The molecule has 1 aromatic rings. The summed E-state index contributed by atoms with van der Waals surface area (Å²) in [5.41, 5.74) is 0.668. The lowest BCUT2D eigenvalue weighted by Crippen LogP contribution is -2.52. The highest BCUT2D eigenvalue weighted by Crippen LogP contribution is 2.12. The molecule has 0 saturated carbocycles. The Hall–Kier alpha value is -1.57. The van der Waals surface area contributed by atoms with E-state index in [9.17, 15) is 0 Å². The molecule has 4 nitrogen and oxygen atoms in total. The number of nitriles is 1. The Balaban J connectivity index is 1.72. The Bertz CT molecular complexity index is 452. The smallest absolute Gasteiger partial charge is 0.119 e. The first-order chi connectivity index (χ1) is 9.72. The summed E-state index contributed by atoms with van der Waals surface area (Å²) in [6, 6.07) is 10.0. The molecule has 1 aliphatic heterocycles. The van der Waals surface area contributed by atoms with Crippen molar-refractivity contribution in [2.24, 2.45) is 0 Å². The van der Waals surface area contributed by atoms with E-state index >= 15 is 0 Å². The fraction of sp³-hybridized carbons (Fsp3) is 0.562. The highest BCUT2D eigenvalue weighted by atomic mass is 16.5. The van der Waals surface area contributed by atoms with Crippen LogP contribution in [0.25, 0.3) is 0 Å². The molecule has 0 aliphatic carbocycles. The first-order valence-corrected chi connectivity index (χ1v) is 7.32. The van der Waals surface area contributed by atoms with Crippen molar-refractivity contribution in [1.82, 2.24) is 9.80 Å². The van der Waals surface area contributed by atoms with E-state index in [1.54, 1.807) is 12.1 Å². The van der Waals surface area contributed by atoms with E-state index in [0.29, 0.717) is 18.2 Å². The molecular weight excluding hydrogens is 250 g/mol. The van der Waals surface area contributed by atoms with Crippen molar-refractivity contribution in [2.45, 2.75) is 19.9 Å². The van der Waals surface area contributed by atoms with Gasteiger partial charge >= 0.3 is 0 Å². The lowest BCUT2D eigenvalue weighted by atomic mass is 10.2. The van der Waals surface area contributed by atoms with Gasteiger partial charge in [0, 0.05) is 32.2 Å². The van der Waals surface area contributed by atoms with Gasteiger partial charge in [-0.15, -0.1) is 0 Å². The quantitative estimate of drug-likeness (QED) is 0.822. The van der Waals surface area contributed by atoms with Gasteiger partial charge < -0.3 is 4.74 Å². The summed E-state index contributed by atoms with van der Waals surface area (Å²) in [4.78, 5) is 4.97. The van der Waals surface area contributed by atoms with Gasteiger partial charge in [0.1, 0.15) is 12.4 Å². The van der Waals surface area contributed by atoms with Gasteiger partial charge in [-0.3, -0.25) is 9.80 Å². The van der Waals surface area contributed by atoms with E-state index in [1.807, 2.05) is 12.1 Å². The lowest BCUT2D eigenvalue weighted by Gasteiger charge is -2.39. The van der Waals surface area contributed by atoms with E-state index in [1.165, 1.54) is 0 Å². The normalized spacial score (nSPS) is 20.6. The summed E-state index contributed by atoms with van der Waals surface area (Å²) >= 11 is 0. The first kappa shape index (κ1) is 14.8. The van der Waals surface area contributed by atoms with Crippen LogP contribution in [0.1, 0.15) is 19.4 Å². The van der Waals surface area contributed by atoms with Crippen LogP contribution in [0, 0.1) is 11.3 Å². The van der Waals surface area contributed by atoms with Gasteiger partial charge in [-0.25, -0.2) is 0 Å². The van der Waals surface area contributed by atoms with Gasteiger partial charge in [0.15, 0.2) is 0 Å². The minimum absolute atomic E-state index is 0.628. The minimum Gasteiger partial charge on any atom is -0.492 e. The molecule has 0 aromatic heterocycles. The molecule has 1 heterocycles. The molecule has 2 rings (SSSR count). The molecule has 0 bridgehead atoms. The number of hydrogen-bond donors (Lipinski definition) is 0. The Morgan fingerprint density at radius 3 is 2.65 bits per heavy atom. The summed E-state index contributed by atoms with van der Waals surface area (Å²) in [6.45, 7) is 10.7. The lowest BCUT2D eigenvalue weighted by molar-refractivity contribution is 0.0781. The van der Waals surface area contributed by atoms with E-state index < -0.39 is 0 Å². The Kier molecular flexibility index (Phi) is 5.40. The van der Waals surface area contributed by atoms with Crippen LogP contribution in [0.3, 0.4) is 0 Å².